The van der Waals surface area contributed by atoms with Gasteiger partial charge < -0.3 is 19.4 Å². The lowest BCUT2D eigenvalue weighted by Crippen LogP contribution is -2.26. The van der Waals surface area contributed by atoms with Gasteiger partial charge in [0.05, 0.1) is 19.6 Å². The van der Waals surface area contributed by atoms with Crippen LogP contribution in [0.15, 0.2) is 59.5 Å². The highest BCUT2D eigenvalue weighted by atomic mass is 35.5. The van der Waals surface area contributed by atoms with Crippen LogP contribution in [0, 0.1) is 0 Å². The molecule has 32 heavy (non-hydrogen) atoms. The standard InChI is InChI=1S/C25H25ClN2O4/c1-4-27-23(29)13-22-19-12-24(30)28(2)14-21(19)18-10-9-17(31-3)11-20(18)25(32-22)15-5-7-16(26)8-6-15/h5-12,14,22,25H,4,13H2,1-3H3,(H,27,29)/t22-,25+/m0/s1. The molecule has 1 aliphatic rings. The molecule has 7 heteroatoms. The molecule has 0 spiro atoms. The monoisotopic (exact) mass is 452 g/mol. The summed E-state index contributed by atoms with van der Waals surface area (Å²) in [4.78, 5) is 25.1. The Labute approximate surface area is 191 Å². The second-order valence-corrected chi connectivity index (χ2v) is 8.20. The number of ether oxygens (including phenoxy) is 2. The van der Waals surface area contributed by atoms with E-state index in [0.717, 1.165) is 22.3 Å². The van der Waals surface area contributed by atoms with E-state index in [4.69, 9.17) is 21.1 Å². The van der Waals surface area contributed by atoms with Crippen LogP contribution >= 0.6 is 11.6 Å². The minimum absolute atomic E-state index is 0.100. The molecule has 1 aliphatic heterocycles. The van der Waals surface area contributed by atoms with Crippen molar-refractivity contribution >= 4 is 17.5 Å². The second kappa shape index (κ2) is 9.18. The van der Waals surface area contributed by atoms with Crippen LogP contribution < -0.4 is 15.6 Å². The Morgan fingerprint density at radius 1 is 1.12 bits per heavy atom. The fraction of sp³-hybridized carbons (Fsp3) is 0.280. The number of benzene rings is 2. The predicted molar refractivity (Wildman–Crippen MR) is 124 cm³/mol. The number of nitrogens with zero attached hydrogens (tertiary/aromatic N) is 1. The third kappa shape index (κ3) is 4.29. The lowest BCUT2D eigenvalue weighted by molar-refractivity contribution is -0.124. The molecule has 3 aromatic rings. The van der Waals surface area contributed by atoms with Crippen molar-refractivity contribution in [2.75, 3.05) is 13.7 Å². The molecule has 0 radical (unpaired) electrons. The lowest BCUT2D eigenvalue weighted by atomic mass is 9.91. The quantitative estimate of drug-likeness (QED) is 0.623. The third-order valence-electron chi connectivity index (χ3n) is 5.66. The average Bonchev–Trinajstić information content (AvgIpc) is 2.90. The number of hydrogen-bond acceptors (Lipinski definition) is 4. The average molecular weight is 453 g/mol. The van der Waals surface area contributed by atoms with Gasteiger partial charge in [0.1, 0.15) is 11.9 Å². The number of aryl methyl sites for hydroxylation is 1. The second-order valence-electron chi connectivity index (χ2n) is 7.76. The fourth-order valence-electron chi connectivity index (χ4n) is 4.07. The molecule has 1 aromatic heterocycles. The Kier molecular flexibility index (Phi) is 6.35. The van der Waals surface area contributed by atoms with Gasteiger partial charge in [-0.05, 0) is 53.4 Å². The summed E-state index contributed by atoms with van der Waals surface area (Å²) < 4.78 is 13.6. The molecule has 4 rings (SSSR count). The van der Waals surface area contributed by atoms with Crippen LogP contribution in [0.4, 0.5) is 0 Å². The van der Waals surface area contributed by atoms with E-state index in [-0.39, 0.29) is 17.9 Å². The van der Waals surface area contributed by atoms with Crippen LogP contribution in [0.2, 0.25) is 5.02 Å². The first-order valence-corrected chi connectivity index (χ1v) is 10.9. The van der Waals surface area contributed by atoms with Crippen molar-refractivity contribution in [2.24, 2.45) is 7.05 Å². The van der Waals surface area contributed by atoms with Gasteiger partial charge in [0.15, 0.2) is 0 Å². The molecule has 2 heterocycles. The Morgan fingerprint density at radius 2 is 1.88 bits per heavy atom. The van der Waals surface area contributed by atoms with Crippen LogP contribution in [0.5, 0.6) is 5.75 Å². The fourth-order valence-corrected chi connectivity index (χ4v) is 4.19. The van der Waals surface area contributed by atoms with Crippen LogP contribution in [0.3, 0.4) is 0 Å². The van der Waals surface area contributed by atoms with Gasteiger partial charge in [-0.1, -0.05) is 29.8 Å². The minimum Gasteiger partial charge on any atom is -0.497 e. The van der Waals surface area contributed by atoms with E-state index in [1.54, 1.807) is 31.0 Å². The molecular weight excluding hydrogens is 428 g/mol. The SMILES string of the molecule is CCNC(=O)C[C@@H]1O[C@H](c2ccc(Cl)cc2)c2cc(OC)ccc2-c2cn(C)c(=O)cc21. The largest absolute Gasteiger partial charge is 0.497 e. The van der Waals surface area contributed by atoms with E-state index in [1.165, 1.54) is 0 Å². The smallest absolute Gasteiger partial charge is 0.250 e. The van der Waals surface area contributed by atoms with Gasteiger partial charge in [-0.25, -0.2) is 0 Å². The van der Waals surface area contributed by atoms with Gasteiger partial charge in [0.2, 0.25) is 5.91 Å². The summed E-state index contributed by atoms with van der Waals surface area (Å²) in [7, 11) is 3.33. The van der Waals surface area contributed by atoms with Crippen LogP contribution in [0.1, 0.15) is 42.2 Å². The van der Waals surface area contributed by atoms with Gasteiger partial charge in [-0.3, -0.25) is 9.59 Å². The molecule has 6 nitrogen and oxygen atoms in total. The number of carbonyl (C=O) groups excluding carboxylic acids is 1. The first-order chi connectivity index (χ1) is 15.4. The molecule has 0 fully saturated rings. The van der Waals surface area contributed by atoms with E-state index in [0.29, 0.717) is 22.9 Å². The summed E-state index contributed by atoms with van der Waals surface area (Å²) in [5, 5.41) is 3.46. The van der Waals surface area contributed by atoms with Crippen LogP contribution in [-0.2, 0) is 16.6 Å². The molecular formula is C25H25ClN2O4. The molecule has 1 amide bonds. The van der Waals surface area contributed by atoms with Crippen molar-refractivity contribution in [1.82, 2.24) is 9.88 Å². The first kappa shape index (κ1) is 22.1. The molecule has 0 saturated heterocycles. The van der Waals surface area contributed by atoms with Gasteiger partial charge in [-0.15, -0.1) is 0 Å². The summed E-state index contributed by atoms with van der Waals surface area (Å²) in [6.07, 6.45) is 0.818. The molecule has 0 saturated carbocycles. The zero-order chi connectivity index (χ0) is 22.8. The van der Waals surface area contributed by atoms with E-state index in [1.807, 2.05) is 49.4 Å². The van der Waals surface area contributed by atoms with Crippen LogP contribution in [-0.4, -0.2) is 24.1 Å². The number of carbonyl (C=O) groups is 1. The molecule has 0 unspecified atom stereocenters. The van der Waals surface area contributed by atoms with Crippen molar-refractivity contribution in [3.8, 4) is 16.9 Å². The molecule has 0 bridgehead atoms. The van der Waals surface area contributed by atoms with E-state index < -0.39 is 12.2 Å². The van der Waals surface area contributed by atoms with Crippen LogP contribution in [0.25, 0.3) is 11.1 Å². The number of fused-ring (bicyclic) bond motifs is 3. The Bertz CT molecular complexity index is 1200. The number of pyridine rings is 1. The zero-order valence-electron chi connectivity index (χ0n) is 18.2. The highest BCUT2D eigenvalue weighted by Crippen LogP contribution is 2.46. The molecule has 0 aliphatic carbocycles. The van der Waals surface area contributed by atoms with Gasteiger partial charge in [0.25, 0.3) is 5.56 Å². The Morgan fingerprint density at radius 3 is 2.56 bits per heavy atom. The molecule has 2 aromatic carbocycles. The highest BCUT2D eigenvalue weighted by Gasteiger charge is 2.32. The van der Waals surface area contributed by atoms with Gasteiger partial charge in [-0.2, -0.15) is 0 Å². The van der Waals surface area contributed by atoms with Crippen molar-refractivity contribution in [2.45, 2.75) is 25.6 Å². The topological polar surface area (TPSA) is 69.6 Å². The van der Waals surface area contributed by atoms with E-state index in [2.05, 4.69) is 5.32 Å². The minimum atomic E-state index is -0.607. The maximum atomic E-state index is 12.5. The van der Waals surface area contributed by atoms with E-state index >= 15 is 0 Å². The number of rotatable bonds is 5. The number of amides is 1. The molecule has 166 valence electrons. The number of halogens is 1. The van der Waals surface area contributed by atoms with Crippen molar-refractivity contribution < 1.29 is 14.3 Å². The molecule has 2 atom stereocenters. The number of hydrogen-bond donors (Lipinski definition) is 1. The number of methoxy groups -OCH3 is 1. The van der Waals surface area contributed by atoms with E-state index in [9.17, 15) is 9.59 Å². The van der Waals surface area contributed by atoms with Gasteiger partial charge in [0, 0.05) is 36.4 Å². The van der Waals surface area contributed by atoms with Gasteiger partial charge >= 0.3 is 0 Å². The van der Waals surface area contributed by atoms with Crippen molar-refractivity contribution in [1.29, 1.82) is 0 Å². The number of aromatic nitrogens is 1. The Hall–Kier alpha value is -3.09. The summed E-state index contributed by atoms with van der Waals surface area (Å²) in [5.41, 5.74) is 4.11. The summed E-state index contributed by atoms with van der Waals surface area (Å²) >= 11 is 6.12. The maximum Gasteiger partial charge on any atom is 0.250 e. The maximum absolute atomic E-state index is 12.5. The third-order valence-corrected chi connectivity index (χ3v) is 5.91. The van der Waals surface area contributed by atoms with Crippen molar-refractivity contribution in [3.63, 3.8) is 0 Å². The highest BCUT2D eigenvalue weighted by molar-refractivity contribution is 6.30. The Balaban J connectivity index is 1.95. The molecule has 1 N–H and O–H groups in total. The summed E-state index contributed by atoms with van der Waals surface area (Å²) in [6.45, 7) is 2.39. The first-order valence-electron chi connectivity index (χ1n) is 10.5. The lowest BCUT2D eigenvalue weighted by Gasteiger charge is -2.24. The van der Waals surface area contributed by atoms with Crippen molar-refractivity contribution in [3.05, 3.63) is 86.8 Å². The summed E-state index contributed by atoms with van der Waals surface area (Å²) in [5.74, 6) is 0.558. The number of nitrogens with one attached hydrogen (secondary N) is 1. The zero-order valence-corrected chi connectivity index (χ0v) is 19.0. The normalized spacial score (nSPS) is 17.1. The predicted octanol–water partition coefficient (Wildman–Crippen LogP) is 4.40. The summed E-state index contributed by atoms with van der Waals surface area (Å²) in [6, 6.07) is 14.8.